The van der Waals surface area contributed by atoms with Crippen molar-refractivity contribution in [3.8, 4) is 0 Å². The molecule has 0 unspecified atom stereocenters. The maximum atomic E-state index is 10.5. The first-order valence-corrected chi connectivity index (χ1v) is 3.95. The number of hydrogen-bond donors (Lipinski definition) is 1. The summed E-state index contributed by atoms with van der Waals surface area (Å²) >= 11 is 0. The molecule has 1 N–H and O–H groups in total. The van der Waals surface area contributed by atoms with Gasteiger partial charge in [0, 0.05) is 13.0 Å². The molecular weight excluding hydrogens is 142 g/mol. The highest BCUT2D eigenvalue weighted by molar-refractivity contribution is 5.75. The van der Waals surface area contributed by atoms with Crippen molar-refractivity contribution in [2.75, 3.05) is 26.7 Å². The van der Waals surface area contributed by atoms with Crippen LogP contribution in [-0.2, 0) is 4.79 Å². The van der Waals surface area contributed by atoms with E-state index in [0.717, 1.165) is 13.0 Å². The van der Waals surface area contributed by atoms with Crippen LogP contribution in [-0.4, -0.2) is 42.5 Å². The van der Waals surface area contributed by atoms with Crippen LogP contribution in [0.15, 0.2) is 0 Å². The SMILES string of the molecule is CC(=O)CCCN(C)CCO. The molecular formula is C8H17NO2. The third kappa shape index (κ3) is 7.49. The Morgan fingerprint density at radius 1 is 1.45 bits per heavy atom. The van der Waals surface area contributed by atoms with Crippen molar-refractivity contribution in [2.24, 2.45) is 0 Å². The normalized spacial score (nSPS) is 10.5. The smallest absolute Gasteiger partial charge is 0.129 e. The van der Waals surface area contributed by atoms with Gasteiger partial charge in [-0.05, 0) is 26.9 Å². The molecule has 0 fully saturated rings. The molecule has 0 bridgehead atoms. The molecule has 0 aromatic rings. The Bertz CT molecular complexity index is 115. The Balaban J connectivity index is 3.16. The van der Waals surface area contributed by atoms with E-state index < -0.39 is 0 Å². The first-order chi connectivity index (χ1) is 5.16. The monoisotopic (exact) mass is 159 g/mol. The summed E-state index contributed by atoms with van der Waals surface area (Å²) in [5.74, 6) is 0.238. The van der Waals surface area contributed by atoms with E-state index in [0.29, 0.717) is 13.0 Å². The van der Waals surface area contributed by atoms with Gasteiger partial charge >= 0.3 is 0 Å². The molecule has 0 atom stereocenters. The topological polar surface area (TPSA) is 40.5 Å². The lowest BCUT2D eigenvalue weighted by atomic mass is 10.2. The van der Waals surface area contributed by atoms with Crippen molar-refractivity contribution < 1.29 is 9.90 Å². The number of carbonyl (C=O) groups excluding carboxylic acids is 1. The third-order valence-electron chi connectivity index (χ3n) is 1.55. The Kier molecular flexibility index (Phi) is 6.07. The number of Topliss-reactive ketones (excluding diaryl/α,β-unsaturated/α-hetero) is 1. The Morgan fingerprint density at radius 2 is 2.09 bits per heavy atom. The first-order valence-electron chi connectivity index (χ1n) is 3.95. The van der Waals surface area contributed by atoms with E-state index in [1.54, 1.807) is 6.92 Å². The standard InChI is InChI=1S/C8H17NO2/c1-8(11)4-3-5-9(2)6-7-10/h10H,3-7H2,1-2H3. The van der Waals surface area contributed by atoms with E-state index in [4.69, 9.17) is 5.11 Å². The van der Waals surface area contributed by atoms with E-state index in [2.05, 4.69) is 0 Å². The number of rotatable bonds is 6. The zero-order valence-electron chi connectivity index (χ0n) is 7.34. The molecule has 0 spiro atoms. The fourth-order valence-electron chi connectivity index (χ4n) is 0.880. The van der Waals surface area contributed by atoms with Gasteiger partial charge in [0.05, 0.1) is 6.61 Å². The lowest BCUT2D eigenvalue weighted by Crippen LogP contribution is -2.23. The van der Waals surface area contributed by atoms with E-state index in [9.17, 15) is 4.79 Å². The largest absolute Gasteiger partial charge is 0.395 e. The van der Waals surface area contributed by atoms with E-state index in [-0.39, 0.29) is 12.4 Å². The van der Waals surface area contributed by atoms with Crippen molar-refractivity contribution in [3.05, 3.63) is 0 Å². The number of nitrogens with zero attached hydrogens (tertiary/aromatic N) is 1. The van der Waals surface area contributed by atoms with E-state index >= 15 is 0 Å². The first kappa shape index (κ1) is 10.6. The maximum absolute atomic E-state index is 10.5. The highest BCUT2D eigenvalue weighted by Gasteiger charge is 1.97. The van der Waals surface area contributed by atoms with Crippen molar-refractivity contribution in [2.45, 2.75) is 19.8 Å². The summed E-state index contributed by atoms with van der Waals surface area (Å²) in [6.45, 7) is 3.38. The second-order valence-electron chi connectivity index (χ2n) is 2.83. The molecule has 0 amide bonds. The minimum Gasteiger partial charge on any atom is -0.395 e. The summed E-state index contributed by atoms with van der Waals surface area (Å²) in [6, 6.07) is 0. The van der Waals surface area contributed by atoms with Crippen molar-refractivity contribution in [1.29, 1.82) is 0 Å². The molecule has 0 rings (SSSR count). The zero-order valence-corrected chi connectivity index (χ0v) is 7.34. The van der Waals surface area contributed by atoms with Crippen molar-refractivity contribution >= 4 is 5.78 Å². The second kappa shape index (κ2) is 6.31. The summed E-state index contributed by atoms with van der Waals surface area (Å²) in [5.41, 5.74) is 0. The molecule has 3 heteroatoms. The summed E-state index contributed by atoms with van der Waals surface area (Å²) in [6.07, 6.45) is 1.54. The van der Waals surface area contributed by atoms with Gasteiger partial charge in [0.1, 0.15) is 5.78 Å². The van der Waals surface area contributed by atoms with Crippen molar-refractivity contribution in [3.63, 3.8) is 0 Å². The van der Waals surface area contributed by atoms with Crippen molar-refractivity contribution in [1.82, 2.24) is 4.90 Å². The molecule has 0 aliphatic heterocycles. The van der Waals surface area contributed by atoms with Crippen LogP contribution in [0.25, 0.3) is 0 Å². The average Bonchev–Trinajstić information content (AvgIpc) is 1.87. The van der Waals surface area contributed by atoms with E-state index in [1.807, 2.05) is 11.9 Å². The highest BCUT2D eigenvalue weighted by Crippen LogP contribution is 1.92. The molecule has 3 nitrogen and oxygen atoms in total. The Labute approximate surface area is 68.0 Å². The molecule has 0 aromatic heterocycles. The summed E-state index contributed by atoms with van der Waals surface area (Å²) in [7, 11) is 1.94. The van der Waals surface area contributed by atoms with Gasteiger partial charge in [-0.15, -0.1) is 0 Å². The van der Waals surface area contributed by atoms with Crippen LogP contribution in [0.4, 0.5) is 0 Å². The minimum absolute atomic E-state index is 0.191. The quantitative estimate of drug-likeness (QED) is 0.605. The van der Waals surface area contributed by atoms with Gasteiger partial charge in [-0.25, -0.2) is 0 Å². The van der Waals surface area contributed by atoms with Gasteiger partial charge in [-0.2, -0.15) is 0 Å². The van der Waals surface area contributed by atoms with E-state index in [1.165, 1.54) is 0 Å². The third-order valence-corrected chi connectivity index (χ3v) is 1.55. The molecule has 0 saturated heterocycles. The Morgan fingerprint density at radius 3 is 2.55 bits per heavy atom. The summed E-state index contributed by atoms with van der Waals surface area (Å²) < 4.78 is 0. The lowest BCUT2D eigenvalue weighted by Gasteiger charge is -2.13. The fourth-order valence-corrected chi connectivity index (χ4v) is 0.880. The van der Waals surface area contributed by atoms with Crippen LogP contribution in [0.1, 0.15) is 19.8 Å². The predicted molar refractivity (Wildman–Crippen MR) is 44.5 cm³/mol. The molecule has 0 aliphatic rings. The average molecular weight is 159 g/mol. The highest BCUT2D eigenvalue weighted by atomic mass is 16.3. The van der Waals surface area contributed by atoms with Crippen LogP contribution in [0.5, 0.6) is 0 Å². The Hall–Kier alpha value is -0.410. The van der Waals surface area contributed by atoms with Gasteiger partial charge in [0.25, 0.3) is 0 Å². The zero-order chi connectivity index (χ0) is 8.69. The molecule has 0 heterocycles. The lowest BCUT2D eigenvalue weighted by molar-refractivity contribution is -0.117. The van der Waals surface area contributed by atoms with Crippen LogP contribution >= 0.6 is 0 Å². The van der Waals surface area contributed by atoms with Gasteiger partial charge in [-0.1, -0.05) is 0 Å². The number of carbonyl (C=O) groups is 1. The van der Waals surface area contributed by atoms with Gasteiger partial charge in [-0.3, -0.25) is 0 Å². The fraction of sp³-hybridized carbons (Fsp3) is 0.875. The van der Waals surface area contributed by atoms with Gasteiger partial charge < -0.3 is 14.8 Å². The molecule has 0 aliphatic carbocycles. The molecule has 66 valence electrons. The summed E-state index contributed by atoms with van der Waals surface area (Å²) in [4.78, 5) is 12.5. The second-order valence-corrected chi connectivity index (χ2v) is 2.83. The van der Waals surface area contributed by atoms with Crippen LogP contribution < -0.4 is 0 Å². The molecule has 0 aromatic carbocycles. The number of aliphatic hydroxyl groups is 1. The number of ketones is 1. The minimum atomic E-state index is 0.191. The van der Waals surface area contributed by atoms with Gasteiger partial charge in [0.15, 0.2) is 0 Å². The molecule has 11 heavy (non-hydrogen) atoms. The van der Waals surface area contributed by atoms with Crippen LogP contribution in [0.2, 0.25) is 0 Å². The van der Waals surface area contributed by atoms with Crippen LogP contribution in [0, 0.1) is 0 Å². The number of likely N-dealkylation sites (N-methyl/N-ethyl adjacent to an activating group) is 1. The predicted octanol–water partition coefficient (Wildman–Crippen LogP) is 0.280. The number of aliphatic hydroxyl groups excluding tert-OH is 1. The number of hydrogen-bond acceptors (Lipinski definition) is 3. The molecule has 0 saturated carbocycles. The maximum Gasteiger partial charge on any atom is 0.129 e. The van der Waals surface area contributed by atoms with Crippen LogP contribution in [0.3, 0.4) is 0 Å². The molecule has 0 radical (unpaired) electrons. The van der Waals surface area contributed by atoms with Gasteiger partial charge in [0.2, 0.25) is 0 Å². The summed E-state index contributed by atoms with van der Waals surface area (Å²) in [5, 5.41) is 8.54.